The third-order valence-electron chi connectivity index (χ3n) is 15.5. The lowest BCUT2D eigenvalue weighted by atomic mass is 10.1. The third-order valence-corrected chi connectivity index (χ3v) is 15.5. The van der Waals surface area contributed by atoms with Crippen molar-refractivity contribution in [3.05, 3.63) is 48.0 Å². The molecule has 4 rings (SSSR count). The summed E-state index contributed by atoms with van der Waals surface area (Å²) in [6.45, 7) is 34.6. The van der Waals surface area contributed by atoms with Crippen molar-refractivity contribution in [3.63, 3.8) is 0 Å². The SMILES string of the molecule is CCOCCOCCOc1ccc(CC(C(=O)O)N2CCN(CC(=O)O)CCN(CC(=O)O)CCN(CC(=O)O)CC2)nc1.CCOCCOCCOc1ccc(CC(C(=O)OC(C)(C)C)N2CCN(CC(=O)OC(C)(C)C)CCN(CC(=O)OC(C)(C)C)CCN(CC(=O)OC(C)(C)C)CC2)nc1. The molecule has 0 amide bonds. The van der Waals surface area contributed by atoms with Crippen LogP contribution >= 0.6 is 0 Å². The molecule has 4 N–H and O–H groups in total. The summed E-state index contributed by atoms with van der Waals surface area (Å²) in [5, 5.41) is 38.4. The van der Waals surface area contributed by atoms with E-state index in [0.717, 1.165) is 0 Å². The molecule has 0 saturated carbocycles. The van der Waals surface area contributed by atoms with Gasteiger partial charge >= 0.3 is 47.8 Å². The number of aliphatic carboxylic acids is 4. The van der Waals surface area contributed by atoms with Gasteiger partial charge in [0, 0.05) is 142 Å². The van der Waals surface area contributed by atoms with Gasteiger partial charge in [0.1, 0.15) is 59.2 Å². The molecule has 2 aromatic heterocycles. The van der Waals surface area contributed by atoms with E-state index in [1.165, 1.54) is 6.20 Å². The minimum atomic E-state index is -1.09. The lowest BCUT2D eigenvalue weighted by Gasteiger charge is -2.37. The molecule has 0 aliphatic carbocycles. The number of hydrogen-bond acceptors (Lipinski definition) is 28. The standard InChI is InChI=1S/C44H77N5O11.C28H45N5O11/c1-14-54-25-26-55-27-28-56-35-16-15-34(45-30-35)29-36(40(53)60-44(11,12)13)49-23-21-47(32-38(51)58-42(5,6)7)19-17-46(31-37(50)57-41(2,3)4)18-20-48(22-24-49)33-39(52)59-43(8,9)10;1-2-42-13-14-43-15-16-44-23-4-3-22(29-18-23)17-24(28(40)41)33-11-9-31(20-26(36)37)7-5-30(19-25(34)35)6-8-32(10-12-33)21-27(38)39/h15-16,30,36H,14,17-29,31-33H2,1-13H3;3-4,18,24H,2,5-17,19-21H2,1H3,(H,34,35)(H,36,37)(H,38,39)(H,40,41). The summed E-state index contributed by atoms with van der Waals surface area (Å²) in [7, 11) is 0. The second kappa shape index (κ2) is 47.7. The zero-order chi connectivity index (χ0) is 77.5. The first kappa shape index (κ1) is 91.4. The second-order valence-electron chi connectivity index (χ2n) is 29.3. The maximum absolute atomic E-state index is 14.2. The van der Waals surface area contributed by atoms with E-state index in [-0.39, 0.29) is 122 Å². The molecule has 2 aliphatic heterocycles. The van der Waals surface area contributed by atoms with Gasteiger partial charge in [-0.2, -0.15) is 0 Å². The predicted molar refractivity (Wildman–Crippen MR) is 385 cm³/mol. The van der Waals surface area contributed by atoms with Crippen LogP contribution in [0.25, 0.3) is 0 Å². The minimum Gasteiger partial charge on any atom is -0.490 e. The molecule has 2 atom stereocenters. The summed E-state index contributed by atoms with van der Waals surface area (Å²) in [5.74, 6) is -4.71. The molecule has 592 valence electrons. The Morgan fingerprint density at radius 1 is 0.365 bits per heavy atom. The summed E-state index contributed by atoms with van der Waals surface area (Å²) in [5.41, 5.74) is -1.61. The third kappa shape index (κ3) is 43.6. The van der Waals surface area contributed by atoms with Crippen molar-refractivity contribution in [1.29, 1.82) is 0 Å². The fraction of sp³-hybridized carbons (Fsp3) is 0.750. The lowest BCUT2D eigenvalue weighted by molar-refractivity contribution is -0.163. The first-order chi connectivity index (χ1) is 48.9. The van der Waals surface area contributed by atoms with Crippen LogP contribution in [0, 0.1) is 0 Å². The Morgan fingerprint density at radius 2 is 0.635 bits per heavy atom. The van der Waals surface area contributed by atoms with E-state index in [9.17, 15) is 58.8 Å². The summed E-state index contributed by atoms with van der Waals surface area (Å²) < 4.78 is 56.0. The molecule has 2 aliphatic rings. The van der Waals surface area contributed by atoms with Gasteiger partial charge in [-0.05, 0) is 121 Å². The highest BCUT2D eigenvalue weighted by molar-refractivity contribution is 5.77. The summed E-state index contributed by atoms with van der Waals surface area (Å²) >= 11 is 0. The Kier molecular flexibility index (Phi) is 41.9. The molecular weight excluding hydrogens is 1360 g/mol. The van der Waals surface area contributed by atoms with E-state index in [0.29, 0.717) is 141 Å². The van der Waals surface area contributed by atoms with E-state index < -0.39 is 64.3 Å². The van der Waals surface area contributed by atoms with Crippen LogP contribution < -0.4 is 9.47 Å². The van der Waals surface area contributed by atoms with Gasteiger partial charge in [-0.3, -0.25) is 87.5 Å². The Hall–Kier alpha value is -6.82. The lowest BCUT2D eigenvalue weighted by Crippen LogP contribution is -2.53. The number of ether oxygens (including phenoxy) is 10. The highest BCUT2D eigenvalue weighted by atomic mass is 16.6. The molecule has 32 heteroatoms. The highest BCUT2D eigenvalue weighted by Gasteiger charge is 2.35. The van der Waals surface area contributed by atoms with E-state index >= 15 is 0 Å². The topological polar surface area (TPSA) is 361 Å². The molecule has 2 aromatic rings. The average molecular weight is 1480 g/mol. The van der Waals surface area contributed by atoms with Crippen molar-refractivity contribution in [2.45, 2.75) is 144 Å². The van der Waals surface area contributed by atoms with Crippen LogP contribution in [-0.4, -0.2) is 362 Å². The zero-order valence-corrected chi connectivity index (χ0v) is 64.3. The maximum Gasteiger partial charge on any atom is 0.324 e. The first-order valence-corrected chi connectivity index (χ1v) is 35.9. The molecule has 0 radical (unpaired) electrons. The van der Waals surface area contributed by atoms with Crippen molar-refractivity contribution in [2.75, 3.05) is 210 Å². The molecule has 2 fully saturated rings. The van der Waals surface area contributed by atoms with E-state index in [2.05, 4.69) is 9.97 Å². The number of rotatable bonds is 36. The van der Waals surface area contributed by atoms with Crippen molar-refractivity contribution in [1.82, 2.24) is 49.2 Å². The smallest absolute Gasteiger partial charge is 0.324 e. The Balaban J connectivity index is 0.000000566. The zero-order valence-electron chi connectivity index (χ0n) is 64.3. The predicted octanol–water partition coefficient (Wildman–Crippen LogP) is 3.00. The Labute approximate surface area is 614 Å². The van der Waals surface area contributed by atoms with Crippen molar-refractivity contribution in [2.24, 2.45) is 0 Å². The van der Waals surface area contributed by atoms with Gasteiger partial charge in [0.15, 0.2) is 0 Å². The number of carboxylic acids is 4. The minimum absolute atomic E-state index is 0.00777. The van der Waals surface area contributed by atoms with Crippen molar-refractivity contribution < 1.29 is 106 Å². The largest absolute Gasteiger partial charge is 0.490 e. The van der Waals surface area contributed by atoms with Gasteiger partial charge in [0.05, 0.1) is 91.3 Å². The average Bonchev–Trinajstić information content (AvgIpc) is 0.849. The van der Waals surface area contributed by atoms with E-state index in [1.54, 1.807) is 37.9 Å². The van der Waals surface area contributed by atoms with E-state index in [4.69, 9.17) is 47.4 Å². The van der Waals surface area contributed by atoms with Gasteiger partial charge in [-0.25, -0.2) is 0 Å². The highest BCUT2D eigenvalue weighted by Crippen LogP contribution is 2.20. The Bertz CT molecular complexity index is 2770. The maximum atomic E-state index is 14.2. The second-order valence-corrected chi connectivity index (χ2v) is 29.3. The normalized spacial score (nSPS) is 17.1. The molecule has 0 spiro atoms. The van der Waals surface area contributed by atoms with Gasteiger partial charge < -0.3 is 67.8 Å². The molecule has 4 heterocycles. The van der Waals surface area contributed by atoms with Gasteiger partial charge in [-0.15, -0.1) is 0 Å². The molecule has 2 saturated heterocycles. The molecule has 0 aromatic carbocycles. The fourth-order valence-electron chi connectivity index (χ4n) is 10.8. The molecule has 2 unspecified atom stereocenters. The summed E-state index contributed by atoms with van der Waals surface area (Å²) in [4.78, 5) is 124. The quantitative estimate of drug-likeness (QED) is 0.0433. The number of aromatic nitrogens is 2. The van der Waals surface area contributed by atoms with Crippen molar-refractivity contribution in [3.8, 4) is 11.5 Å². The Morgan fingerprint density at radius 3 is 0.904 bits per heavy atom. The van der Waals surface area contributed by atoms with Crippen LogP contribution in [0.3, 0.4) is 0 Å². The summed E-state index contributed by atoms with van der Waals surface area (Å²) in [6, 6.07) is 5.26. The van der Waals surface area contributed by atoms with E-state index in [1.807, 2.05) is 129 Å². The van der Waals surface area contributed by atoms with Crippen molar-refractivity contribution >= 4 is 47.8 Å². The number of pyridine rings is 2. The van der Waals surface area contributed by atoms with Gasteiger partial charge in [0.25, 0.3) is 0 Å². The number of carbonyl (C=O) groups is 8. The molecule has 104 heavy (non-hydrogen) atoms. The van der Waals surface area contributed by atoms with Gasteiger partial charge in [0.2, 0.25) is 0 Å². The number of carbonyl (C=O) groups excluding carboxylic acids is 4. The number of nitrogens with zero attached hydrogens (tertiary/aromatic N) is 10. The molecule has 32 nitrogen and oxygen atoms in total. The summed E-state index contributed by atoms with van der Waals surface area (Å²) in [6.07, 6.45) is 3.43. The number of esters is 4. The van der Waals surface area contributed by atoms with Crippen LogP contribution in [0.4, 0.5) is 0 Å². The van der Waals surface area contributed by atoms with Crippen LogP contribution in [-0.2, 0) is 89.1 Å². The molecular formula is C72H122N10O22. The first-order valence-electron chi connectivity index (χ1n) is 35.9. The fourth-order valence-corrected chi connectivity index (χ4v) is 10.8. The molecule has 0 bridgehead atoms. The van der Waals surface area contributed by atoms with Crippen LogP contribution in [0.1, 0.15) is 108 Å². The van der Waals surface area contributed by atoms with Crippen LogP contribution in [0.5, 0.6) is 11.5 Å². The monoisotopic (exact) mass is 1480 g/mol. The van der Waals surface area contributed by atoms with Crippen LogP contribution in [0.2, 0.25) is 0 Å². The van der Waals surface area contributed by atoms with Gasteiger partial charge in [-0.1, -0.05) is 0 Å². The number of hydrogen-bond donors (Lipinski definition) is 4. The van der Waals surface area contributed by atoms with Crippen LogP contribution in [0.15, 0.2) is 36.7 Å². The number of carboxylic acid groups (broad SMARTS) is 4.